The van der Waals surface area contributed by atoms with E-state index in [9.17, 15) is 9.18 Å². The molecule has 4 N–H and O–H groups in total. The highest BCUT2D eigenvalue weighted by atomic mass is 79.9. The first-order valence-electron chi connectivity index (χ1n) is 9.60. The Balaban J connectivity index is 0.00000204. The zero-order valence-electron chi connectivity index (χ0n) is 17.1. The molecule has 2 rings (SSSR count). The van der Waals surface area contributed by atoms with Crippen LogP contribution >= 0.6 is 15.9 Å². The van der Waals surface area contributed by atoms with Crippen molar-refractivity contribution in [3.8, 4) is 11.8 Å². The van der Waals surface area contributed by atoms with Crippen LogP contribution < -0.4 is 16.0 Å². The number of piperazine rings is 1. The second-order valence-electron chi connectivity index (χ2n) is 6.16. The molecule has 1 atom stereocenters. The molecule has 1 heterocycles. The van der Waals surface area contributed by atoms with Gasteiger partial charge in [0.25, 0.3) is 0 Å². The number of nitrogens with two attached hydrogens (primary N) is 1. The number of carbonyl (C=O) groups is 1. The Hall–Kier alpha value is -2.37. The van der Waals surface area contributed by atoms with Crippen LogP contribution in [0.15, 0.2) is 36.0 Å². The monoisotopic (exact) mass is 465 g/mol. The first-order valence-corrected chi connectivity index (χ1v) is 10.4. The Morgan fingerprint density at radius 1 is 1.31 bits per heavy atom. The minimum absolute atomic E-state index is 0.0226. The maximum atomic E-state index is 13.0. The van der Waals surface area contributed by atoms with Gasteiger partial charge in [-0.25, -0.2) is 4.39 Å². The highest BCUT2D eigenvalue weighted by Gasteiger charge is 2.20. The quantitative estimate of drug-likeness (QED) is 0.460. The number of amides is 1. The minimum atomic E-state index is -0.292. The number of benzene rings is 1. The molecule has 0 radical (unpaired) electrons. The molecule has 29 heavy (non-hydrogen) atoms. The van der Waals surface area contributed by atoms with Gasteiger partial charge < -0.3 is 20.9 Å². The van der Waals surface area contributed by atoms with Crippen LogP contribution in [0, 0.1) is 23.1 Å². The first-order chi connectivity index (χ1) is 13.9. The topological polar surface area (TPSA) is 85.5 Å². The summed E-state index contributed by atoms with van der Waals surface area (Å²) < 4.78 is 13.1. The molecule has 1 aliphatic heterocycles. The summed E-state index contributed by atoms with van der Waals surface area (Å²) in [6.45, 7) is 8.49. The van der Waals surface area contributed by atoms with Crippen molar-refractivity contribution in [2.75, 3.05) is 37.6 Å². The maximum Gasteiger partial charge on any atom is 0.241 e. The van der Waals surface area contributed by atoms with Gasteiger partial charge in [-0.05, 0) is 47.1 Å². The van der Waals surface area contributed by atoms with Gasteiger partial charge in [0.15, 0.2) is 0 Å². The lowest BCUT2D eigenvalue weighted by atomic mass is 10.2. The van der Waals surface area contributed by atoms with Gasteiger partial charge in [0.05, 0.1) is 18.2 Å². The number of hydrogen-bond acceptors (Lipinski definition) is 5. The predicted molar refractivity (Wildman–Crippen MR) is 121 cm³/mol. The number of anilines is 1. The lowest BCUT2D eigenvalue weighted by Gasteiger charge is -2.36. The SMILES string of the molecule is CC.CC(N)C#C/C(=C/NCC(=O)N1CCN(c2ccc(F)cc2)CC1)C(=N)Br. The number of nitrogens with one attached hydrogen (secondary N) is 2. The van der Waals surface area contributed by atoms with Crippen molar-refractivity contribution in [2.24, 2.45) is 5.73 Å². The standard InChI is InChI=1S/C19H23BrFN5O.C2H6/c1-14(22)2-3-15(19(20)23)12-24-13-18(27)26-10-8-25(9-11-26)17-6-4-16(21)5-7-17;1-2/h4-7,12,14,23-24H,8-11,13,22H2,1H3;1-2H3/b15-12-,23-19?;. The van der Waals surface area contributed by atoms with E-state index in [0.717, 1.165) is 5.69 Å². The summed E-state index contributed by atoms with van der Waals surface area (Å²) in [5.41, 5.74) is 6.97. The van der Waals surface area contributed by atoms with Crippen molar-refractivity contribution < 1.29 is 9.18 Å². The number of rotatable bonds is 5. The number of halogens is 2. The van der Waals surface area contributed by atoms with E-state index in [2.05, 4.69) is 38.0 Å². The Morgan fingerprint density at radius 2 is 1.90 bits per heavy atom. The van der Waals surface area contributed by atoms with Crippen LogP contribution in [0.25, 0.3) is 0 Å². The van der Waals surface area contributed by atoms with E-state index >= 15 is 0 Å². The highest BCUT2D eigenvalue weighted by molar-refractivity contribution is 9.18. The number of allylic oxidation sites excluding steroid dienone is 1. The fraction of sp³-hybridized carbons (Fsp3) is 0.429. The van der Waals surface area contributed by atoms with Gasteiger partial charge in [-0.2, -0.15) is 0 Å². The zero-order valence-corrected chi connectivity index (χ0v) is 18.7. The van der Waals surface area contributed by atoms with E-state index in [0.29, 0.717) is 31.8 Å². The molecular weight excluding hydrogens is 437 g/mol. The summed E-state index contributed by atoms with van der Waals surface area (Å²) >= 11 is 3.08. The number of carbonyl (C=O) groups excluding carboxylic acids is 1. The Kier molecular flexibility index (Phi) is 11.0. The third-order valence-electron chi connectivity index (χ3n) is 3.99. The molecule has 0 spiro atoms. The largest absolute Gasteiger partial charge is 0.381 e. The Morgan fingerprint density at radius 3 is 2.41 bits per heavy atom. The third-order valence-corrected chi connectivity index (χ3v) is 4.42. The third kappa shape index (κ3) is 8.67. The van der Waals surface area contributed by atoms with Gasteiger partial charge >= 0.3 is 0 Å². The van der Waals surface area contributed by atoms with Gasteiger partial charge in [0.2, 0.25) is 5.91 Å². The van der Waals surface area contributed by atoms with E-state index in [1.54, 1.807) is 30.2 Å². The molecular formula is C21H29BrFN5O. The molecule has 6 nitrogen and oxygen atoms in total. The lowest BCUT2D eigenvalue weighted by Crippen LogP contribution is -2.50. The van der Waals surface area contributed by atoms with Crippen molar-refractivity contribution in [3.05, 3.63) is 41.9 Å². The molecule has 0 aliphatic carbocycles. The molecule has 1 aromatic rings. The van der Waals surface area contributed by atoms with E-state index in [4.69, 9.17) is 11.1 Å². The number of hydrogen-bond donors (Lipinski definition) is 3. The molecule has 0 bridgehead atoms. The van der Waals surface area contributed by atoms with Crippen molar-refractivity contribution in [1.82, 2.24) is 10.2 Å². The van der Waals surface area contributed by atoms with Crippen molar-refractivity contribution in [3.63, 3.8) is 0 Å². The second kappa shape index (κ2) is 13.0. The van der Waals surface area contributed by atoms with E-state index in [1.165, 1.54) is 12.1 Å². The molecule has 1 saturated heterocycles. The van der Waals surface area contributed by atoms with Crippen LogP contribution in [0.2, 0.25) is 0 Å². The Labute approximate surface area is 181 Å². The average Bonchev–Trinajstić information content (AvgIpc) is 2.72. The Bertz CT molecular complexity index is 760. The smallest absolute Gasteiger partial charge is 0.241 e. The van der Waals surface area contributed by atoms with Crippen LogP contribution in [0.3, 0.4) is 0 Å². The van der Waals surface area contributed by atoms with Gasteiger partial charge in [0, 0.05) is 38.1 Å². The van der Waals surface area contributed by atoms with Gasteiger partial charge in [-0.1, -0.05) is 25.7 Å². The lowest BCUT2D eigenvalue weighted by molar-refractivity contribution is -0.130. The van der Waals surface area contributed by atoms with Crippen molar-refractivity contribution >= 4 is 32.1 Å². The van der Waals surface area contributed by atoms with E-state index in [-0.39, 0.29) is 28.9 Å². The maximum absolute atomic E-state index is 13.0. The van der Waals surface area contributed by atoms with Crippen LogP contribution in [0.5, 0.6) is 0 Å². The predicted octanol–water partition coefficient (Wildman–Crippen LogP) is 2.70. The molecule has 8 heteroatoms. The summed E-state index contributed by atoms with van der Waals surface area (Å²) in [6.07, 6.45) is 1.54. The fourth-order valence-corrected chi connectivity index (χ4v) is 2.78. The van der Waals surface area contributed by atoms with Crippen LogP contribution in [0.4, 0.5) is 10.1 Å². The van der Waals surface area contributed by atoms with E-state index in [1.807, 2.05) is 13.8 Å². The fourth-order valence-electron chi connectivity index (χ4n) is 2.56. The summed E-state index contributed by atoms with van der Waals surface area (Å²) in [4.78, 5) is 16.3. The van der Waals surface area contributed by atoms with Crippen molar-refractivity contribution in [2.45, 2.75) is 26.8 Å². The minimum Gasteiger partial charge on any atom is -0.381 e. The first kappa shape index (κ1) is 24.7. The molecule has 1 amide bonds. The van der Waals surface area contributed by atoms with E-state index < -0.39 is 0 Å². The molecule has 0 aromatic heterocycles. The second-order valence-corrected chi connectivity index (χ2v) is 6.95. The number of nitrogens with zero attached hydrogens (tertiary/aromatic N) is 2. The van der Waals surface area contributed by atoms with Crippen LogP contribution in [0.1, 0.15) is 20.8 Å². The molecule has 1 aliphatic rings. The summed E-state index contributed by atoms with van der Waals surface area (Å²) in [5.74, 6) is 5.29. The van der Waals surface area contributed by atoms with Crippen molar-refractivity contribution in [1.29, 1.82) is 5.41 Å². The normalized spacial score (nSPS) is 14.8. The van der Waals surface area contributed by atoms with Crippen LogP contribution in [-0.4, -0.2) is 54.2 Å². The molecule has 0 saturated carbocycles. The molecule has 1 unspecified atom stereocenters. The van der Waals surface area contributed by atoms with Crippen LogP contribution in [-0.2, 0) is 4.79 Å². The zero-order chi connectivity index (χ0) is 21.8. The van der Waals surface area contributed by atoms with Gasteiger partial charge in [-0.3, -0.25) is 10.2 Å². The summed E-state index contributed by atoms with van der Waals surface area (Å²) in [6, 6.07) is 6.09. The van der Waals surface area contributed by atoms with Gasteiger partial charge in [0.1, 0.15) is 10.4 Å². The summed E-state index contributed by atoms with van der Waals surface area (Å²) in [5, 5.41) is 10.5. The molecule has 1 aromatic carbocycles. The summed E-state index contributed by atoms with van der Waals surface area (Å²) in [7, 11) is 0. The van der Waals surface area contributed by atoms with Gasteiger partial charge in [-0.15, -0.1) is 0 Å². The molecule has 1 fully saturated rings. The average molecular weight is 466 g/mol. The molecule has 158 valence electrons. The highest BCUT2D eigenvalue weighted by Crippen LogP contribution is 2.16.